The highest BCUT2D eigenvalue weighted by atomic mass is 127. The van der Waals surface area contributed by atoms with Gasteiger partial charge in [-0.05, 0) is 31.2 Å². The summed E-state index contributed by atoms with van der Waals surface area (Å²) < 4.78 is 0. The number of hydrogen-bond donors (Lipinski definition) is 3. The van der Waals surface area contributed by atoms with Gasteiger partial charge in [0.25, 0.3) is 5.91 Å². The molecule has 0 saturated carbocycles. The Morgan fingerprint density at radius 3 is 2.42 bits per heavy atom. The Bertz CT molecular complexity index is 664. The van der Waals surface area contributed by atoms with Crippen molar-refractivity contribution in [2.75, 3.05) is 26.2 Å². The van der Waals surface area contributed by atoms with Crippen LogP contribution in [-0.4, -0.2) is 43.0 Å². The molecule has 26 heavy (non-hydrogen) atoms. The van der Waals surface area contributed by atoms with Gasteiger partial charge in [-0.3, -0.25) is 14.8 Å². The fourth-order valence-corrected chi connectivity index (χ4v) is 2.22. The Labute approximate surface area is 171 Å². The number of aromatic nitrogens is 1. The molecule has 2 aromatic rings. The van der Waals surface area contributed by atoms with E-state index in [1.165, 1.54) is 0 Å². The summed E-state index contributed by atoms with van der Waals surface area (Å²) in [5, 5.41) is 9.30. The van der Waals surface area contributed by atoms with E-state index in [4.69, 9.17) is 0 Å². The van der Waals surface area contributed by atoms with Gasteiger partial charge in [0.05, 0.1) is 0 Å². The molecule has 0 atom stereocenters. The number of nitrogens with one attached hydrogen (secondary N) is 3. The molecular formula is C19H26IN5O. The van der Waals surface area contributed by atoms with Crippen LogP contribution < -0.4 is 16.0 Å². The molecule has 140 valence electrons. The van der Waals surface area contributed by atoms with Gasteiger partial charge in [-0.25, -0.2) is 0 Å². The minimum absolute atomic E-state index is 0. The van der Waals surface area contributed by atoms with E-state index < -0.39 is 0 Å². The van der Waals surface area contributed by atoms with Crippen molar-refractivity contribution in [1.29, 1.82) is 0 Å². The predicted octanol–water partition coefficient (Wildman–Crippen LogP) is 2.23. The molecule has 0 radical (unpaired) electrons. The number of guanidine groups is 1. The molecule has 0 saturated heterocycles. The zero-order chi connectivity index (χ0) is 17.7. The van der Waals surface area contributed by atoms with E-state index in [-0.39, 0.29) is 29.9 Å². The third-order valence-corrected chi connectivity index (χ3v) is 3.45. The van der Waals surface area contributed by atoms with Crippen molar-refractivity contribution < 1.29 is 4.79 Å². The van der Waals surface area contributed by atoms with Crippen molar-refractivity contribution in [1.82, 2.24) is 20.9 Å². The van der Waals surface area contributed by atoms with Crippen molar-refractivity contribution >= 4 is 35.8 Å². The van der Waals surface area contributed by atoms with Crippen molar-refractivity contribution in [2.24, 2.45) is 4.99 Å². The van der Waals surface area contributed by atoms with E-state index in [0.717, 1.165) is 24.6 Å². The third kappa shape index (κ3) is 8.28. The summed E-state index contributed by atoms with van der Waals surface area (Å²) in [5.41, 5.74) is 1.69. The largest absolute Gasteiger partial charge is 0.357 e. The number of halogens is 1. The number of nitrogens with zero attached hydrogens (tertiary/aromatic N) is 2. The lowest BCUT2D eigenvalue weighted by Gasteiger charge is -2.12. The van der Waals surface area contributed by atoms with Crippen LogP contribution in [0, 0.1) is 0 Å². The molecule has 0 fully saturated rings. The molecule has 0 unspecified atom stereocenters. The highest BCUT2D eigenvalue weighted by Gasteiger charge is 2.03. The maximum atomic E-state index is 12.0. The molecule has 3 N–H and O–H groups in total. The molecule has 1 amide bonds. The van der Waals surface area contributed by atoms with E-state index in [9.17, 15) is 4.79 Å². The predicted molar refractivity (Wildman–Crippen MR) is 116 cm³/mol. The van der Waals surface area contributed by atoms with E-state index >= 15 is 0 Å². The van der Waals surface area contributed by atoms with Crippen LogP contribution in [0.25, 0.3) is 0 Å². The molecule has 1 aromatic heterocycles. The lowest BCUT2D eigenvalue weighted by atomic mass is 10.2. The Morgan fingerprint density at radius 1 is 1.00 bits per heavy atom. The summed E-state index contributed by atoms with van der Waals surface area (Å²) in [4.78, 5) is 20.8. The van der Waals surface area contributed by atoms with Crippen molar-refractivity contribution in [3.63, 3.8) is 0 Å². The molecular weight excluding hydrogens is 441 g/mol. The van der Waals surface area contributed by atoms with Gasteiger partial charge in [0.2, 0.25) is 0 Å². The maximum Gasteiger partial charge on any atom is 0.251 e. The first-order chi connectivity index (χ1) is 12.3. The number of amides is 1. The number of carbonyl (C=O) groups is 1. The molecule has 7 heteroatoms. The van der Waals surface area contributed by atoms with E-state index in [2.05, 4.69) is 25.9 Å². The van der Waals surface area contributed by atoms with Crippen LogP contribution in [-0.2, 0) is 6.42 Å². The lowest BCUT2D eigenvalue weighted by Crippen LogP contribution is -2.41. The Kier molecular flexibility index (Phi) is 11.0. The first-order valence-electron chi connectivity index (χ1n) is 8.55. The highest BCUT2D eigenvalue weighted by molar-refractivity contribution is 14.0. The van der Waals surface area contributed by atoms with Crippen molar-refractivity contribution in [3.8, 4) is 0 Å². The molecule has 1 aromatic carbocycles. The molecule has 0 aliphatic heterocycles. The first-order valence-corrected chi connectivity index (χ1v) is 8.55. The van der Waals surface area contributed by atoms with Crippen molar-refractivity contribution in [2.45, 2.75) is 13.3 Å². The Balaban J connectivity index is 0.00000338. The van der Waals surface area contributed by atoms with Gasteiger partial charge in [0.15, 0.2) is 5.96 Å². The summed E-state index contributed by atoms with van der Waals surface area (Å²) in [6, 6.07) is 15.1. The van der Waals surface area contributed by atoms with E-state index in [1.54, 1.807) is 18.3 Å². The number of aliphatic imine (C=N–C) groups is 1. The molecule has 6 nitrogen and oxygen atoms in total. The standard InChI is InChI=1S/C19H25N5O.HI/c1-2-20-19(23-13-11-17-10-6-7-12-21-17)24-15-14-22-18(25)16-8-4-3-5-9-16;/h3-10,12H,2,11,13-15H2,1H3,(H,22,25)(H2,20,23,24);1H. The number of hydrogen-bond acceptors (Lipinski definition) is 3. The number of carbonyl (C=O) groups excluding carboxylic acids is 1. The van der Waals surface area contributed by atoms with Gasteiger partial charge in [-0.1, -0.05) is 24.3 Å². The second kappa shape index (κ2) is 13.1. The fourth-order valence-electron chi connectivity index (χ4n) is 2.22. The Hall–Kier alpha value is -2.16. The lowest BCUT2D eigenvalue weighted by molar-refractivity contribution is 0.0954. The van der Waals surface area contributed by atoms with Crippen LogP contribution in [0.5, 0.6) is 0 Å². The quantitative estimate of drug-likeness (QED) is 0.241. The molecule has 0 bridgehead atoms. The minimum atomic E-state index is -0.0699. The summed E-state index contributed by atoms with van der Waals surface area (Å²) >= 11 is 0. The first kappa shape index (κ1) is 21.9. The monoisotopic (exact) mass is 467 g/mol. The third-order valence-electron chi connectivity index (χ3n) is 3.45. The fraction of sp³-hybridized carbons (Fsp3) is 0.316. The number of rotatable bonds is 8. The van der Waals surface area contributed by atoms with Crippen LogP contribution in [0.2, 0.25) is 0 Å². The average Bonchev–Trinajstić information content (AvgIpc) is 2.66. The van der Waals surface area contributed by atoms with Crippen LogP contribution in [0.15, 0.2) is 59.7 Å². The Morgan fingerprint density at radius 2 is 1.73 bits per heavy atom. The van der Waals surface area contributed by atoms with Gasteiger partial charge in [-0.2, -0.15) is 0 Å². The SMILES string of the molecule is CCNC(=NCCc1ccccn1)NCCNC(=O)c1ccccc1.I. The van der Waals surface area contributed by atoms with E-state index in [1.807, 2.05) is 43.3 Å². The average molecular weight is 467 g/mol. The smallest absolute Gasteiger partial charge is 0.251 e. The van der Waals surface area contributed by atoms with Gasteiger partial charge < -0.3 is 16.0 Å². The van der Waals surface area contributed by atoms with Gasteiger partial charge in [-0.15, -0.1) is 24.0 Å². The highest BCUT2D eigenvalue weighted by Crippen LogP contribution is 1.97. The molecule has 0 spiro atoms. The number of pyridine rings is 1. The van der Waals surface area contributed by atoms with Crippen LogP contribution in [0.3, 0.4) is 0 Å². The van der Waals surface area contributed by atoms with E-state index in [0.29, 0.717) is 25.2 Å². The topological polar surface area (TPSA) is 78.4 Å². The zero-order valence-corrected chi connectivity index (χ0v) is 17.3. The summed E-state index contributed by atoms with van der Waals surface area (Å²) in [5.74, 6) is 0.673. The van der Waals surface area contributed by atoms with Gasteiger partial charge >= 0.3 is 0 Å². The van der Waals surface area contributed by atoms with Crippen LogP contribution >= 0.6 is 24.0 Å². The molecule has 1 heterocycles. The van der Waals surface area contributed by atoms with Gasteiger partial charge in [0, 0.05) is 50.1 Å². The minimum Gasteiger partial charge on any atom is -0.357 e. The molecule has 2 rings (SSSR count). The van der Waals surface area contributed by atoms with Crippen molar-refractivity contribution in [3.05, 3.63) is 66.0 Å². The normalized spacial score (nSPS) is 10.6. The summed E-state index contributed by atoms with van der Waals surface area (Å²) in [6.07, 6.45) is 2.58. The summed E-state index contributed by atoms with van der Waals surface area (Å²) in [7, 11) is 0. The second-order valence-electron chi connectivity index (χ2n) is 5.38. The summed E-state index contributed by atoms with van der Waals surface area (Å²) in [6.45, 7) is 4.59. The van der Waals surface area contributed by atoms with Gasteiger partial charge in [0.1, 0.15) is 0 Å². The second-order valence-corrected chi connectivity index (χ2v) is 5.38. The zero-order valence-electron chi connectivity index (χ0n) is 14.9. The number of benzene rings is 1. The van der Waals surface area contributed by atoms with Crippen LogP contribution in [0.1, 0.15) is 23.0 Å². The maximum absolute atomic E-state index is 12.0. The van der Waals surface area contributed by atoms with Crippen LogP contribution in [0.4, 0.5) is 0 Å². The molecule has 0 aliphatic rings. The molecule has 0 aliphatic carbocycles.